The van der Waals surface area contributed by atoms with Gasteiger partial charge in [0, 0.05) is 0 Å². The molecule has 1 unspecified atom stereocenters. The fourth-order valence-corrected chi connectivity index (χ4v) is 12.6. The van der Waals surface area contributed by atoms with E-state index in [0.717, 1.165) is 15.9 Å². The predicted octanol–water partition coefficient (Wildman–Crippen LogP) is 5.83. The van der Waals surface area contributed by atoms with Crippen LogP contribution in [-0.2, 0) is 4.74 Å². The van der Waals surface area contributed by atoms with Gasteiger partial charge in [0.05, 0.1) is 0 Å². The third kappa shape index (κ3) is 2.82. The Labute approximate surface area is 188 Å². The second-order valence-electron chi connectivity index (χ2n) is 7.57. The van der Waals surface area contributed by atoms with Gasteiger partial charge in [-0.25, -0.2) is 0 Å². The molecule has 0 amide bonds. The number of carbonyl (C=O) groups is 1. The van der Waals surface area contributed by atoms with E-state index in [9.17, 15) is 9.18 Å². The Morgan fingerprint density at radius 2 is 1.16 bits per heavy atom. The van der Waals surface area contributed by atoms with Gasteiger partial charge in [0.15, 0.2) is 0 Å². The SMILES string of the molecule is O=C1OC(P(Br)(c2ccccc2)(c2ccccc2)c2ccccc2)c2cc(F)ccc21. The van der Waals surface area contributed by atoms with Gasteiger partial charge < -0.3 is 0 Å². The molecule has 4 aromatic rings. The summed E-state index contributed by atoms with van der Waals surface area (Å²) in [5.41, 5.74) is 0.971. The van der Waals surface area contributed by atoms with Crippen molar-refractivity contribution < 1.29 is 13.9 Å². The van der Waals surface area contributed by atoms with Crippen molar-refractivity contribution in [3.63, 3.8) is 0 Å². The van der Waals surface area contributed by atoms with Crippen LogP contribution < -0.4 is 15.9 Å². The molecule has 1 aliphatic rings. The van der Waals surface area contributed by atoms with E-state index in [1.54, 1.807) is 0 Å². The van der Waals surface area contributed by atoms with Gasteiger partial charge in [0.2, 0.25) is 0 Å². The van der Waals surface area contributed by atoms with Crippen LogP contribution in [0.2, 0.25) is 0 Å². The number of carbonyl (C=O) groups excluding carboxylic acids is 1. The van der Waals surface area contributed by atoms with Crippen molar-refractivity contribution in [2.45, 2.75) is 5.85 Å². The molecule has 0 spiro atoms. The molecule has 5 rings (SSSR count). The number of benzene rings is 4. The van der Waals surface area contributed by atoms with Crippen LogP contribution in [0.25, 0.3) is 0 Å². The van der Waals surface area contributed by atoms with Crippen LogP contribution in [0.1, 0.15) is 21.8 Å². The van der Waals surface area contributed by atoms with Crippen molar-refractivity contribution in [2.75, 3.05) is 0 Å². The zero-order chi connectivity index (χ0) is 21.5. The fraction of sp³-hybridized carbons (Fsp3) is 0.0385. The number of hydrogen-bond donors (Lipinski definition) is 0. The molecule has 2 nitrogen and oxygen atoms in total. The van der Waals surface area contributed by atoms with Crippen LogP contribution in [-0.4, -0.2) is 5.97 Å². The van der Waals surface area contributed by atoms with E-state index in [-0.39, 0.29) is 0 Å². The van der Waals surface area contributed by atoms with Crippen molar-refractivity contribution >= 4 is 42.7 Å². The molecule has 1 atom stereocenters. The minimum atomic E-state index is -3.63. The third-order valence-electron chi connectivity index (χ3n) is 5.94. The molecule has 5 heteroatoms. The van der Waals surface area contributed by atoms with Crippen LogP contribution in [0, 0.1) is 5.82 Å². The summed E-state index contributed by atoms with van der Waals surface area (Å²) in [6, 6.07) is 34.3. The Balaban J connectivity index is 1.96. The van der Waals surface area contributed by atoms with Crippen molar-refractivity contribution in [3.05, 3.63) is 126 Å². The summed E-state index contributed by atoms with van der Waals surface area (Å²) in [5.74, 6) is -1.54. The molecule has 0 fully saturated rings. The first-order chi connectivity index (χ1) is 15.0. The summed E-state index contributed by atoms with van der Waals surface area (Å²) in [5, 5.41) is -0.628. The summed E-state index contributed by atoms with van der Waals surface area (Å²) in [4.78, 5) is 12.9. The monoisotopic (exact) mass is 492 g/mol. The Bertz CT molecular complexity index is 1160. The van der Waals surface area contributed by atoms with E-state index in [2.05, 4.69) is 51.9 Å². The number of rotatable bonds is 4. The summed E-state index contributed by atoms with van der Waals surface area (Å²) in [6.07, 6.45) is 0. The molecular formula is C26H19BrFO2P. The summed E-state index contributed by atoms with van der Waals surface area (Å²) < 4.78 is 20.5. The maximum atomic E-state index is 14.4. The summed E-state index contributed by atoms with van der Waals surface area (Å²) >= 11 is 4.30. The normalized spacial score (nSPS) is 16.8. The zero-order valence-electron chi connectivity index (χ0n) is 16.5. The number of esters is 1. The summed E-state index contributed by atoms with van der Waals surface area (Å²) in [6.45, 7) is 0. The molecule has 4 aromatic carbocycles. The maximum absolute atomic E-state index is 14.4. The van der Waals surface area contributed by atoms with E-state index in [0.29, 0.717) is 11.1 Å². The van der Waals surface area contributed by atoms with Gasteiger partial charge >= 0.3 is 189 Å². The molecule has 0 aromatic heterocycles. The molecule has 31 heavy (non-hydrogen) atoms. The van der Waals surface area contributed by atoms with Gasteiger partial charge in [-0.05, 0) is 0 Å². The average Bonchev–Trinajstić information content (AvgIpc) is 3.16. The molecule has 154 valence electrons. The van der Waals surface area contributed by atoms with Gasteiger partial charge in [-0.2, -0.15) is 0 Å². The second-order valence-corrected chi connectivity index (χ2v) is 16.2. The van der Waals surface area contributed by atoms with Gasteiger partial charge in [0.1, 0.15) is 0 Å². The molecule has 0 aliphatic carbocycles. The predicted molar refractivity (Wildman–Crippen MR) is 129 cm³/mol. The van der Waals surface area contributed by atoms with E-state index in [1.807, 2.05) is 54.6 Å². The van der Waals surface area contributed by atoms with E-state index >= 15 is 0 Å². The minimum absolute atomic E-state index is 0.395. The van der Waals surface area contributed by atoms with Gasteiger partial charge in [-0.3, -0.25) is 0 Å². The number of hydrogen-bond acceptors (Lipinski definition) is 2. The molecule has 0 saturated heterocycles. The topological polar surface area (TPSA) is 26.3 Å². The van der Waals surface area contributed by atoms with E-state index in [1.165, 1.54) is 18.2 Å². The second kappa shape index (κ2) is 7.40. The Morgan fingerprint density at radius 1 is 0.710 bits per heavy atom. The molecule has 0 bridgehead atoms. The summed E-state index contributed by atoms with van der Waals surface area (Å²) in [7, 11) is 0. The van der Waals surface area contributed by atoms with Crippen molar-refractivity contribution in [2.24, 2.45) is 0 Å². The number of cyclic esters (lactones) is 1. The quantitative estimate of drug-likeness (QED) is 0.264. The molecule has 1 aliphatic heterocycles. The number of fused-ring (bicyclic) bond motifs is 1. The third-order valence-corrected chi connectivity index (χ3v) is 15.9. The van der Waals surface area contributed by atoms with E-state index in [4.69, 9.17) is 4.74 Å². The number of ether oxygens (including phenoxy) is 1. The Kier molecular flexibility index (Phi) is 4.80. The van der Waals surface area contributed by atoms with Crippen molar-refractivity contribution in [1.82, 2.24) is 0 Å². The molecular weight excluding hydrogens is 474 g/mol. The first kappa shape index (κ1) is 20.1. The molecule has 0 radical (unpaired) electrons. The van der Waals surface area contributed by atoms with Crippen LogP contribution in [0.15, 0.2) is 109 Å². The van der Waals surface area contributed by atoms with Crippen LogP contribution in [0.5, 0.6) is 0 Å². The van der Waals surface area contributed by atoms with Crippen molar-refractivity contribution in [1.29, 1.82) is 0 Å². The molecule has 0 N–H and O–H groups in total. The Hall–Kier alpha value is -2.81. The standard InChI is InChI=1S/C26H19BrFO2P/c27-31(20-10-4-1-5-11-20,21-12-6-2-7-13-21,22-14-8-3-9-15-22)26-24-18-19(28)16-17-23(24)25(29)30-26/h1-18,26H. The number of halogens is 2. The van der Waals surface area contributed by atoms with Gasteiger partial charge in [0.25, 0.3) is 0 Å². The van der Waals surface area contributed by atoms with E-state index < -0.39 is 22.9 Å². The first-order valence-corrected chi connectivity index (χ1v) is 14.3. The van der Waals surface area contributed by atoms with Crippen LogP contribution >= 0.6 is 20.8 Å². The van der Waals surface area contributed by atoms with Gasteiger partial charge in [-0.15, -0.1) is 0 Å². The zero-order valence-corrected chi connectivity index (χ0v) is 19.0. The molecule has 1 heterocycles. The first-order valence-electron chi connectivity index (χ1n) is 9.94. The molecule has 0 saturated carbocycles. The fourth-order valence-electron chi connectivity index (χ4n) is 4.52. The van der Waals surface area contributed by atoms with Gasteiger partial charge in [-0.1, -0.05) is 0 Å². The Morgan fingerprint density at radius 3 is 1.61 bits per heavy atom. The average molecular weight is 493 g/mol. The van der Waals surface area contributed by atoms with Crippen LogP contribution in [0.4, 0.5) is 4.39 Å². The van der Waals surface area contributed by atoms with Crippen molar-refractivity contribution in [3.8, 4) is 0 Å². The van der Waals surface area contributed by atoms with Crippen LogP contribution in [0.3, 0.4) is 0 Å².